The second-order valence-corrected chi connectivity index (χ2v) is 14.7. The molecule has 8 nitrogen and oxygen atoms in total. The summed E-state index contributed by atoms with van der Waals surface area (Å²) in [6, 6.07) is 9.22. The predicted molar refractivity (Wildman–Crippen MR) is 172 cm³/mol. The topological polar surface area (TPSA) is 85.0 Å². The number of hydrogen-bond acceptors (Lipinski definition) is 5. The van der Waals surface area contributed by atoms with Crippen molar-refractivity contribution in [3.05, 3.63) is 63.4 Å². The summed E-state index contributed by atoms with van der Waals surface area (Å²) in [5, 5.41) is 7.02. The van der Waals surface area contributed by atoms with Crippen LogP contribution in [-0.2, 0) is 19.8 Å². The molecule has 1 spiro atoms. The molecule has 11 heteroatoms. The molecule has 5 rings (SSSR count). The summed E-state index contributed by atoms with van der Waals surface area (Å²) in [5.74, 6) is -1.36. The van der Waals surface area contributed by atoms with Gasteiger partial charge in [0.15, 0.2) is 0 Å². The van der Waals surface area contributed by atoms with Gasteiger partial charge in [0.25, 0.3) is 0 Å². The number of carbonyl (C=O) groups is 3. The van der Waals surface area contributed by atoms with Crippen molar-refractivity contribution >= 4 is 46.6 Å². The van der Waals surface area contributed by atoms with E-state index in [-0.39, 0.29) is 40.6 Å². The molecule has 0 bridgehead atoms. The van der Waals surface area contributed by atoms with Crippen LogP contribution in [0.25, 0.3) is 0 Å². The molecule has 2 N–H and O–H groups in total. The predicted octanol–water partition coefficient (Wildman–Crippen LogP) is 4.90. The van der Waals surface area contributed by atoms with Crippen molar-refractivity contribution in [2.75, 3.05) is 52.1 Å². The summed E-state index contributed by atoms with van der Waals surface area (Å²) < 4.78 is 15.3. The van der Waals surface area contributed by atoms with Crippen LogP contribution in [0.5, 0.6) is 0 Å². The van der Waals surface area contributed by atoms with Crippen molar-refractivity contribution in [2.45, 2.75) is 63.5 Å². The van der Waals surface area contributed by atoms with Crippen LogP contribution in [0.4, 0.5) is 10.1 Å². The minimum Gasteiger partial charge on any atom is -0.339 e. The van der Waals surface area contributed by atoms with Gasteiger partial charge in [0.1, 0.15) is 5.82 Å². The van der Waals surface area contributed by atoms with Gasteiger partial charge in [-0.15, -0.1) is 0 Å². The maximum absolute atomic E-state index is 15.3. The number of rotatable bonds is 6. The molecule has 0 saturated carbocycles. The normalized spacial score (nSPS) is 25.4. The molecular formula is C33H42Cl2FN5O3. The Balaban J connectivity index is 1.57. The number of benzene rings is 2. The number of halogens is 3. The van der Waals surface area contributed by atoms with Crippen molar-refractivity contribution in [2.24, 2.45) is 5.41 Å². The van der Waals surface area contributed by atoms with E-state index in [2.05, 4.69) is 31.4 Å². The number of fused-ring (bicyclic) bond motifs is 2. The van der Waals surface area contributed by atoms with Crippen LogP contribution in [0.15, 0.2) is 36.4 Å². The van der Waals surface area contributed by atoms with Gasteiger partial charge in [0, 0.05) is 73.7 Å². The number of amides is 3. The second-order valence-electron chi connectivity index (χ2n) is 13.8. The Bertz CT molecular complexity index is 1440. The van der Waals surface area contributed by atoms with E-state index in [9.17, 15) is 14.4 Å². The lowest BCUT2D eigenvalue weighted by Crippen LogP contribution is -2.55. The van der Waals surface area contributed by atoms with Crippen LogP contribution in [-0.4, -0.2) is 91.3 Å². The van der Waals surface area contributed by atoms with E-state index in [1.807, 2.05) is 47.0 Å². The molecule has 3 heterocycles. The fraction of sp³-hybridized carbons (Fsp3) is 0.545. The molecule has 2 aromatic carbocycles. The Hall–Kier alpha value is -2.72. The zero-order valence-electron chi connectivity index (χ0n) is 26.1. The minimum absolute atomic E-state index is 0.0595. The summed E-state index contributed by atoms with van der Waals surface area (Å²) in [4.78, 5) is 46.4. The molecule has 2 fully saturated rings. The highest BCUT2D eigenvalue weighted by atomic mass is 35.5. The van der Waals surface area contributed by atoms with Crippen molar-refractivity contribution < 1.29 is 18.8 Å². The smallest absolute Gasteiger partial charge is 0.240 e. The molecule has 238 valence electrons. The van der Waals surface area contributed by atoms with Gasteiger partial charge in [-0.05, 0) is 61.3 Å². The van der Waals surface area contributed by atoms with E-state index in [0.29, 0.717) is 61.8 Å². The van der Waals surface area contributed by atoms with Gasteiger partial charge in [-0.25, -0.2) is 4.39 Å². The van der Waals surface area contributed by atoms with E-state index >= 15 is 4.39 Å². The lowest BCUT2D eigenvalue weighted by atomic mass is 9.59. The van der Waals surface area contributed by atoms with E-state index in [1.54, 1.807) is 6.07 Å². The third-order valence-corrected chi connectivity index (χ3v) is 9.71. The Morgan fingerprint density at radius 3 is 2.39 bits per heavy atom. The average Bonchev–Trinajstić information content (AvgIpc) is 3.24. The fourth-order valence-corrected chi connectivity index (χ4v) is 7.62. The summed E-state index contributed by atoms with van der Waals surface area (Å²) in [7, 11) is 3.87. The van der Waals surface area contributed by atoms with Crippen LogP contribution in [0.1, 0.15) is 57.1 Å². The minimum atomic E-state index is -0.967. The maximum Gasteiger partial charge on any atom is 0.240 e. The molecule has 0 radical (unpaired) electrons. The first-order valence-corrected chi connectivity index (χ1v) is 16.0. The number of carbonyl (C=O) groups excluding carboxylic acids is 3. The average molecular weight is 647 g/mol. The fourth-order valence-electron chi connectivity index (χ4n) is 7.26. The lowest BCUT2D eigenvalue weighted by Gasteiger charge is -2.46. The molecule has 3 aliphatic rings. The quantitative estimate of drug-likeness (QED) is 0.467. The van der Waals surface area contributed by atoms with Crippen LogP contribution >= 0.6 is 23.2 Å². The van der Waals surface area contributed by atoms with Gasteiger partial charge in [-0.2, -0.15) is 0 Å². The highest BCUT2D eigenvalue weighted by molar-refractivity contribution is 6.31. The zero-order chi connectivity index (χ0) is 32.0. The molecule has 2 aromatic rings. The number of nitrogens with zero attached hydrogens (tertiary/aromatic N) is 3. The van der Waals surface area contributed by atoms with Crippen molar-refractivity contribution in [1.29, 1.82) is 0 Å². The third kappa shape index (κ3) is 6.48. The second kappa shape index (κ2) is 12.6. The summed E-state index contributed by atoms with van der Waals surface area (Å²) >= 11 is 12.7. The van der Waals surface area contributed by atoms with Gasteiger partial charge in [0.2, 0.25) is 17.7 Å². The van der Waals surface area contributed by atoms with Gasteiger partial charge < -0.3 is 25.3 Å². The molecule has 4 atom stereocenters. The number of hydrogen-bond donors (Lipinski definition) is 2. The highest BCUT2D eigenvalue weighted by Crippen LogP contribution is 2.57. The Labute approximate surface area is 269 Å². The van der Waals surface area contributed by atoms with E-state index < -0.39 is 23.2 Å². The highest BCUT2D eigenvalue weighted by Gasteiger charge is 2.62. The van der Waals surface area contributed by atoms with Crippen molar-refractivity contribution in [1.82, 2.24) is 20.0 Å². The van der Waals surface area contributed by atoms with Crippen LogP contribution in [0.2, 0.25) is 10.0 Å². The lowest BCUT2D eigenvalue weighted by molar-refractivity contribution is -0.141. The molecule has 44 heavy (non-hydrogen) atoms. The Kier molecular flexibility index (Phi) is 9.34. The third-order valence-electron chi connectivity index (χ3n) is 9.19. The van der Waals surface area contributed by atoms with Gasteiger partial charge in [0.05, 0.1) is 11.1 Å². The molecule has 3 amide bonds. The van der Waals surface area contributed by atoms with E-state index in [4.69, 9.17) is 23.2 Å². The molecule has 3 aliphatic heterocycles. The van der Waals surface area contributed by atoms with Crippen LogP contribution in [0.3, 0.4) is 0 Å². The Morgan fingerprint density at radius 2 is 1.75 bits per heavy atom. The SMILES string of the molecule is CN(C)CCC(=O)N1CCN(C(=O)C2NC(CC(C)(C)C)C3(CC(=O)Nc4cc(Cl)c(F)cc43)C2c2cccc(Cl)c2)CC1. The first-order chi connectivity index (χ1) is 20.7. The number of anilines is 1. The first-order valence-electron chi connectivity index (χ1n) is 15.2. The Morgan fingerprint density at radius 1 is 1.07 bits per heavy atom. The molecule has 4 unspecified atom stereocenters. The van der Waals surface area contributed by atoms with Crippen molar-refractivity contribution in [3.63, 3.8) is 0 Å². The van der Waals surface area contributed by atoms with Crippen LogP contribution < -0.4 is 10.6 Å². The number of piperazine rings is 1. The summed E-state index contributed by atoms with van der Waals surface area (Å²) in [6.07, 6.45) is 1.11. The van der Waals surface area contributed by atoms with Crippen molar-refractivity contribution in [3.8, 4) is 0 Å². The molecular weight excluding hydrogens is 604 g/mol. The monoisotopic (exact) mass is 645 g/mol. The summed E-state index contributed by atoms with van der Waals surface area (Å²) in [5.41, 5.74) is 0.730. The van der Waals surface area contributed by atoms with Gasteiger partial charge in [-0.3, -0.25) is 14.4 Å². The summed E-state index contributed by atoms with van der Waals surface area (Å²) in [6.45, 7) is 8.75. The standard InChI is InChI=1S/C33H42Cl2FN5O3/c1-32(2,3)18-26-33(19-27(42)37-25-17-23(35)24(36)16-22(25)33)29(20-7-6-8-21(34)15-20)30(38-26)31(44)41-13-11-40(12-14-41)28(43)9-10-39(4)5/h6-8,15-17,26,29-30,38H,9-14,18-19H2,1-5H3,(H,37,42). The van der Waals surface area contributed by atoms with E-state index in [0.717, 1.165) is 5.56 Å². The van der Waals surface area contributed by atoms with E-state index in [1.165, 1.54) is 12.1 Å². The maximum atomic E-state index is 15.3. The van der Waals surface area contributed by atoms with Gasteiger partial charge >= 0.3 is 0 Å². The van der Waals surface area contributed by atoms with Crippen LogP contribution in [0, 0.1) is 11.2 Å². The number of nitrogens with one attached hydrogen (secondary N) is 2. The molecule has 0 aliphatic carbocycles. The molecule has 2 saturated heterocycles. The molecule has 0 aromatic heterocycles. The van der Waals surface area contributed by atoms with Gasteiger partial charge in [-0.1, -0.05) is 56.1 Å². The first kappa shape index (κ1) is 32.7. The largest absolute Gasteiger partial charge is 0.339 e. The zero-order valence-corrected chi connectivity index (χ0v) is 27.6.